The van der Waals surface area contributed by atoms with Crippen molar-refractivity contribution in [2.45, 2.75) is 23.9 Å². The molecule has 0 unspecified atom stereocenters. The van der Waals surface area contributed by atoms with E-state index in [-0.39, 0.29) is 0 Å². The fourth-order valence-corrected chi connectivity index (χ4v) is 2.06. The molecule has 0 aromatic heterocycles. The Labute approximate surface area is 116 Å². The predicted octanol–water partition coefficient (Wildman–Crippen LogP) is 1.46. The molecule has 0 fully saturated rings. The number of nitrogens with one attached hydrogen (secondary N) is 1. The number of hydrogen-bond acceptors (Lipinski definition) is 3. The van der Waals surface area contributed by atoms with Gasteiger partial charge >= 0.3 is 29.9 Å². The van der Waals surface area contributed by atoms with E-state index in [0.29, 0.717) is 0 Å². The highest BCUT2D eigenvalue weighted by molar-refractivity contribution is 7.89. The van der Waals surface area contributed by atoms with Gasteiger partial charge in [-0.05, 0) is 0 Å². The van der Waals surface area contributed by atoms with Gasteiger partial charge in [0.15, 0.2) is 0 Å². The Balaban J connectivity index is 5.51. The topological polar surface area (TPSA) is 83.5 Å². The maximum atomic E-state index is 13.0. The van der Waals surface area contributed by atoms with Crippen molar-refractivity contribution in [2.75, 3.05) is 12.3 Å². The molecular formula is C7H6F9NO4S. The first kappa shape index (κ1) is 20.8. The molecule has 5 nitrogen and oxygen atoms in total. The summed E-state index contributed by atoms with van der Waals surface area (Å²) in [5.41, 5.74) is 0. The molecule has 0 saturated carbocycles. The van der Waals surface area contributed by atoms with Gasteiger partial charge < -0.3 is 5.11 Å². The van der Waals surface area contributed by atoms with E-state index in [0.717, 1.165) is 4.72 Å². The monoisotopic (exact) mass is 371 g/mol. The molecule has 22 heavy (non-hydrogen) atoms. The maximum Gasteiger partial charge on any atom is 0.460 e. The van der Waals surface area contributed by atoms with E-state index in [1.165, 1.54) is 0 Å². The molecule has 0 aliphatic heterocycles. The van der Waals surface area contributed by atoms with Crippen LogP contribution in [0.25, 0.3) is 0 Å². The first-order valence-electron chi connectivity index (χ1n) is 4.77. The van der Waals surface area contributed by atoms with E-state index in [9.17, 15) is 52.7 Å². The number of sulfonamides is 1. The molecule has 0 amide bonds. The quantitative estimate of drug-likeness (QED) is 0.664. The van der Waals surface area contributed by atoms with Gasteiger partial charge in [-0.1, -0.05) is 0 Å². The molecule has 0 aromatic rings. The summed E-state index contributed by atoms with van der Waals surface area (Å²) in [5.74, 6) is -25.8. The van der Waals surface area contributed by atoms with Gasteiger partial charge in [0, 0.05) is 0 Å². The first-order valence-corrected chi connectivity index (χ1v) is 6.42. The van der Waals surface area contributed by atoms with Crippen LogP contribution < -0.4 is 4.72 Å². The van der Waals surface area contributed by atoms with Crippen LogP contribution in [0.5, 0.6) is 0 Å². The summed E-state index contributed by atoms with van der Waals surface area (Å²) in [7, 11) is -5.58. The van der Waals surface area contributed by atoms with Crippen LogP contribution in [0.15, 0.2) is 0 Å². The van der Waals surface area contributed by atoms with E-state index in [1.54, 1.807) is 0 Å². The SMILES string of the molecule is O=C(O)CNS(=O)(=O)CC(F)(F)C(F)(F)C(F)(F)C(F)(F)F. The van der Waals surface area contributed by atoms with Crippen molar-refractivity contribution in [3.8, 4) is 0 Å². The van der Waals surface area contributed by atoms with Gasteiger partial charge in [-0.25, -0.2) is 13.1 Å². The average molecular weight is 371 g/mol. The lowest BCUT2D eigenvalue weighted by Gasteiger charge is -2.33. The number of alkyl halides is 9. The van der Waals surface area contributed by atoms with Crippen LogP contribution in [0.4, 0.5) is 39.5 Å². The van der Waals surface area contributed by atoms with E-state index in [4.69, 9.17) is 5.11 Å². The van der Waals surface area contributed by atoms with Gasteiger partial charge in [-0.3, -0.25) is 4.79 Å². The lowest BCUT2D eigenvalue weighted by atomic mass is 10.1. The third-order valence-corrected chi connectivity index (χ3v) is 3.35. The van der Waals surface area contributed by atoms with Crippen LogP contribution in [-0.4, -0.2) is 55.7 Å². The Morgan fingerprint density at radius 2 is 1.32 bits per heavy atom. The summed E-state index contributed by atoms with van der Waals surface area (Å²) < 4.78 is 134. The zero-order valence-electron chi connectivity index (χ0n) is 9.90. The van der Waals surface area contributed by atoms with Crippen molar-refractivity contribution >= 4 is 16.0 Å². The Morgan fingerprint density at radius 1 is 0.909 bits per heavy atom. The number of carboxylic acids is 1. The highest BCUT2D eigenvalue weighted by Crippen LogP contribution is 2.53. The largest absolute Gasteiger partial charge is 0.480 e. The number of carboxylic acid groups (broad SMARTS) is 1. The summed E-state index contributed by atoms with van der Waals surface area (Å²) in [4.78, 5) is 9.97. The molecule has 2 N–H and O–H groups in total. The van der Waals surface area contributed by atoms with Crippen molar-refractivity contribution in [3.63, 3.8) is 0 Å². The third-order valence-electron chi connectivity index (χ3n) is 2.02. The molecule has 132 valence electrons. The minimum absolute atomic E-state index is 0.810. The minimum Gasteiger partial charge on any atom is -0.480 e. The van der Waals surface area contributed by atoms with E-state index >= 15 is 0 Å². The number of rotatable bonds is 7. The second-order valence-corrected chi connectivity index (χ2v) is 5.63. The smallest absolute Gasteiger partial charge is 0.460 e. The van der Waals surface area contributed by atoms with Gasteiger partial charge in [-0.15, -0.1) is 0 Å². The molecule has 0 heterocycles. The first-order chi connectivity index (χ1) is 9.37. The van der Waals surface area contributed by atoms with Crippen molar-refractivity contribution in [1.29, 1.82) is 0 Å². The summed E-state index contributed by atoms with van der Waals surface area (Å²) in [6, 6.07) is 0. The van der Waals surface area contributed by atoms with E-state index < -0.39 is 52.2 Å². The van der Waals surface area contributed by atoms with Crippen molar-refractivity contribution in [2.24, 2.45) is 0 Å². The van der Waals surface area contributed by atoms with Crippen LogP contribution in [-0.2, 0) is 14.8 Å². The molecule has 0 aliphatic rings. The highest BCUT2D eigenvalue weighted by Gasteiger charge is 2.82. The summed E-state index contributed by atoms with van der Waals surface area (Å²) in [5, 5.41) is 8.04. The van der Waals surface area contributed by atoms with Crippen LogP contribution in [0.1, 0.15) is 0 Å². The minimum atomic E-state index is -7.22. The molecule has 0 radical (unpaired) electrons. The van der Waals surface area contributed by atoms with Crippen LogP contribution in [0, 0.1) is 0 Å². The zero-order valence-corrected chi connectivity index (χ0v) is 10.7. The van der Waals surface area contributed by atoms with Crippen molar-refractivity contribution in [1.82, 2.24) is 4.72 Å². The van der Waals surface area contributed by atoms with E-state index in [2.05, 4.69) is 0 Å². The van der Waals surface area contributed by atoms with Crippen molar-refractivity contribution < 1.29 is 57.8 Å². The number of hydrogen-bond donors (Lipinski definition) is 2. The van der Waals surface area contributed by atoms with Gasteiger partial charge in [-0.2, -0.15) is 39.5 Å². The lowest BCUT2D eigenvalue weighted by Crippen LogP contribution is -2.63. The Hall–Kier alpha value is -1.25. The predicted molar refractivity (Wildman–Crippen MR) is 50.3 cm³/mol. The molecule has 0 rings (SSSR count). The Bertz CT molecular complexity index is 527. The average Bonchev–Trinajstić information content (AvgIpc) is 2.23. The standard InChI is InChI=1S/C7H6F9NO4S/c8-4(9,2-22(20,21)17-1-3(18)19)5(10,11)6(12,13)7(14,15)16/h17H,1-2H2,(H,18,19). The highest BCUT2D eigenvalue weighted by atomic mass is 32.2. The fraction of sp³-hybridized carbons (Fsp3) is 0.857. The molecular weight excluding hydrogens is 365 g/mol. The van der Waals surface area contributed by atoms with Crippen molar-refractivity contribution in [3.05, 3.63) is 0 Å². The summed E-state index contributed by atoms with van der Waals surface area (Å²) in [6.07, 6.45) is -7.07. The number of aliphatic carboxylic acids is 1. The van der Waals surface area contributed by atoms with Gasteiger partial charge in [0.1, 0.15) is 12.3 Å². The molecule has 0 spiro atoms. The van der Waals surface area contributed by atoms with Crippen LogP contribution in [0.3, 0.4) is 0 Å². The third kappa shape index (κ3) is 4.15. The summed E-state index contributed by atoms with van der Waals surface area (Å²) >= 11 is 0. The summed E-state index contributed by atoms with van der Waals surface area (Å²) in [6.45, 7) is -1.57. The normalized spacial score (nSPS) is 15.0. The number of halogens is 9. The number of carbonyl (C=O) groups is 1. The second-order valence-electron chi connectivity index (χ2n) is 3.82. The fourth-order valence-electron chi connectivity index (χ4n) is 0.960. The Kier molecular flexibility index (Phi) is 5.42. The second kappa shape index (κ2) is 5.75. The molecule has 0 atom stereocenters. The van der Waals surface area contributed by atoms with Crippen LogP contribution in [0.2, 0.25) is 0 Å². The molecule has 15 heteroatoms. The maximum absolute atomic E-state index is 13.0. The van der Waals surface area contributed by atoms with Crippen LogP contribution >= 0.6 is 0 Å². The lowest BCUT2D eigenvalue weighted by molar-refractivity contribution is -0.392. The molecule has 0 bridgehead atoms. The zero-order chi connectivity index (χ0) is 18.2. The molecule has 0 aliphatic carbocycles. The molecule has 0 saturated heterocycles. The molecule has 0 aromatic carbocycles. The van der Waals surface area contributed by atoms with Gasteiger partial charge in [0.2, 0.25) is 10.0 Å². The van der Waals surface area contributed by atoms with Gasteiger partial charge in [0.05, 0.1) is 0 Å². The van der Waals surface area contributed by atoms with Gasteiger partial charge in [0.25, 0.3) is 0 Å². The Morgan fingerprint density at radius 3 is 1.64 bits per heavy atom. The van der Waals surface area contributed by atoms with E-state index in [1.807, 2.05) is 0 Å².